The van der Waals surface area contributed by atoms with Crippen LogP contribution in [0.3, 0.4) is 0 Å². The van der Waals surface area contributed by atoms with E-state index < -0.39 is 0 Å². The number of carbonyl (C=O) groups excluding carboxylic acids is 1. The molecule has 0 unspecified atom stereocenters. The van der Waals surface area contributed by atoms with E-state index in [1.807, 2.05) is 0 Å². The Labute approximate surface area is 81.3 Å². The van der Waals surface area contributed by atoms with E-state index in [-0.39, 0.29) is 0 Å². The molecule has 1 aliphatic rings. The average Bonchev–Trinajstić information content (AvgIpc) is 2.15. The van der Waals surface area contributed by atoms with Crippen molar-refractivity contribution in [3.05, 3.63) is 0 Å². The smallest absolute Gasteiger partial charge is 0.119 e. The standard InChI is InChI=1S/C11H21NO/c1-12-8-6-11(7-9-12)5-3-2-4-10-13/h10-11H,2-9H2,1H3. The van der Waals surface area contributed by atoms with Gasteiger partial charge in [0.25, 0.3) is 0 Å². The van der Waals surface area contributed by atoms with Crippen LogP contribution in [0.15, 0.2) is 0 Å². The molecule has 0 amide bonds. The molecule has 1 aliphatic heterocycles. The van der Waals surface area contributed by atoms with Gasteiger partial charge in [-0.15, -0.1) is 0 Å². The first kappa shape index (κ1) is 10.7. The minimum atomic E-state index is 0.757. The molecule has 0 atom stereocenters. The Morgan fingerprint density at radius 2 is 2.00 bits per heavy atom. The third-order valence-corrected chi connectivity index (χ3v) is 3.02. The van der Waals surface area contributed by atoms with E-state index in [1.54, 1.807) is 0 Å². The monoisotopic (exact) mass is 183 g/mol. The Morgan fingerprint density at radius 3 is 2.62 bits per heavy atom. The molecule has 1 heterocycles. The van der Waals surface area contributed by atoms with E-state index in [4.69, 9.17) is 0 Å². The molecule has 2 heteroatoms. The third-order valence-electron chi connectivity index (χ3n) is 3.02. The molecule has 0 aromatic heterocycles. The van der Waals surface area contributed by atoms with Gasteiger partial charge in [-0.05, 0) is 45.3 Å². The highest BCUT2D eigenvalue weighted by atomic mass is 16.1. The lowest BCUT2D eigenvalue weighted by Gasteiger charge is -2.28. The Balaban J connectivity index is 1.99. The van der Waals surface area contributed by atoms with Crippen LogP contribution in [-0.2, 0) is 4.79 Å². The number of aldehydes is 1. The minimum absolute atomic E-state index is 0.757. The number of hydrogen-bond donors (Lipinski definition) is 0. The van der Waals surface area contributed by atoms with Crippen LogP contribution in [0, 0.1) is 5.92 Å². The summed E-state index contributed by atoms with van der Waals surface area (Å²) in [6, 6.07) is 0. The van der Waals surface area contributed by atoms with Gasteiger partial charge in [0.1, 0.15) is 6.29 Å². The summed E-state index contributed by atoms with van der Waals surface area (Å²) >= 11 is 0. The topological polar surface area (TPSA) is 20.3 Å². The molecule has 1 fully saturated rings. The van der Waals surface area contributed by atoms with Crippen molar-refractivity contribution in [1.82, 2.24) is 4.90 Å². The number of likely N-dealkylation sites (tertiary alicyclic amines) is 1. The molecule has 2 nitrogen and oxygen atoms in total. The van der Waals surface area contributed by atoms with Gasteiger partial charge in [0, 0.05) is 6.42 Å². The molecular formula is C11H21NO. The first-order chi connectivity index (χ1) is 6.33. The van der Waals surface area contributed by atoms with Crippen LogP contribution in [0.5, 0.6) is 0 Å². The fraction of sp³-hybridized carbons (Fsp3) is 0.909. The average molecular weight is 183 g/mol. The lowest BCUT2D eigenvalue weighted by molar-refractivity contribution is -0.107. The molecule has 0 aromatic carbocycles. The van der Waals surface area contributed by atoms with Crippen molar-refractivity contribution in [2.24, 2.45) is 5.92 Å². The summed E-state index contributed by atoms with van der Waals surface area (Å²) in [6.45, 7) is 2.52. The quantitative estimate of drug-likeness (QED) is 0.480. The minimum Gasteiger partial charge on any atom is -0.306 e. The molecule has 0 spiro atoms. The van der Waals surface area contributed by atoms with Gasteiger partial charge in [0.2, 0.25) is 0 Å². The third kappa shape index (κ3) is 4.41. The van der Waals surface area contributed by atoms with Gasteiger partial charge in [0.15, 0.2) is 0 Å². The van der Waals surface area contributed by atoms with Crippen molar-refractivity contribution in [2.75, 3.05) is 20.1 Å². The van der Waals surface area contributed by atoms with Gasteiger partial charge in [0.05, 0.1) is 0 Å². The zero-order chi connectivity index (χ0) is 9.52. The summed E-state index contributed by atoms with van der Waals surface area (Å²) in [5, 5.41) is 0. The molecule has 0 radical (unpaired) electrons. The number of hydrogen-bond acceptors (Lipinski definition) is 2. The predicted molar refractivity (Wildman–Crippen MR) is 54.8 cm³/mol. The Morgan fingerprint density at radius 1 is 1.31 bits per heavy atom. The lowest BCUT2D eigenvalue weighted by atomic mass is 9.91. The van der Waals surface area contributed by atoms with Crippen LogP contribution in [0.4, 0.5) is 0 Å². The van der Waals surface area contributed by atoms with Crippen molar-refractivity contribution in [3.63, 3.8) is 0 Å². The van der Waals surface area contributed by atoms with E-state index in [1.165, 1.54) is 38.8 Å². The van der Waals surface area contributed by atoms with E-state index in [0.29, 0.717) is 0 Å². The van der Waals surface area contributed by atoms with Gasteiger partial charge in [-0.2, -0.15) is 0 Å². The second-order valence-corrected chi connectivity index (χ2v) is 4.20. The number of unbranched alkanes of at least 4 members (excludes halogenated alkanes) is 2. The van der Waals surface area contributed by atoms with Crippen molar-refractivity contribution in [2.45, 2.75) is 38.5 Å². The summed E-state index contributed by atoms with van der Waals surface area (Å²) < 4.78 is 0. The van der Waals surface area contributed by atoms with E-state index in [9.17, 15) is 4.79 Å². The van der Waals surface area contributed by atoms with Crippen LogP contribution >= 0.6 is 0 Å². The zero-order valence-corrected chi connectivity index (χ0v) is 8.67. The van der Waals surface area contributed by atoms with Crippen LogP contribution in [-0.4, -0.2) is 31.3 Å². The largest absolute Gasteiger partial charge is 0.306 e. The molecular weight excluding hydrogens is 162 g/mol. The molecule has 1 saturated heterocycles. The summed E-state index contributed by atoms with van der Waals surface area (Å²) in [6.07, 6.45) is 8.18. The van der Waals surface area contributed by atoms with Crippen molar-refractivity contribution < 1.29 is 4.79 Å². The molecule has 0 aromatic rings. The zero-order valence-electron chi connectivity index (χ0n) is 8.67. The normalized spacial score (nSPS) is 20.4. The van der Waals surface area contributed by atoms with Crippen LogP contribution in [0.2, 0.25) is 0 Å². The van der Waals surface area contributed by atoms with Gasteiger partial charge in [-0.25, -0.2) is 0 Å². The maximum Gasteiger partial charge on any atom is 0.119 e. The predicted octanol–water partition coefficient (Wildman–Crippen LogP) is 2.09. The van der Waals surface area contributed by atoms with Gasteiger partial charge in [-0.1, -0.05) is 12.8 Å². The first-order valence-electron chi connectivity index (χ1n) is 5.45. The van der Waals surface area contributed by atoms with E-state index in [0.717, 1.165) is 25.0 Å². The maximum atomic E-state index is 10.1. The maximum absolute atomic E-state index is 10.1. The van der Waals surface area contributed by atoms with Crippen LogP contribution in [0.25, 0.3) is 0 Å². The first-order valence-corrected chi connectivity index (χ1v) is 5.45. The highest BCUT2D eigenvalue weighted by Crippen LogP contribution is 2.21. The number of nitrogens with zero attached hydrogens (tertiary/aromatic N) is 1. The number of rotatable bonds is 5. The molecule has 76 valence electrons. The second-order valence-electron chi connectivity index (χ2n) is 4.20. The molecule has 0 aliphatic carbocycles. The Kier molecular flexibility index (Phi) is 5.06. The summed E-state index contributed by atoms with van der Waals surface area (Å²) in [5.74, 6) is 0.933. The van der Waals surface area contributed by atoms with Gasteiger partial charge in [-0.3, -0.25) is 0 Å². The fourth-order valence-electron chi connectivity index (χ4n) is 2.01. The van der Waals surface area contributed by atoms with Crippen LogP contribution in [0.1, 0.15) is 38.5 Å². The van der Waals surface area contributed by atoms with Crippen molar-refractivity contribution >= 4 is 6.29 Å². The number of carbonyl (C=O) groups is 1. The Hall–Kier alpha value is -0.370. The summed E-state index contributed by atoms with van der Waals surface area (Å²) in [5.41, 5.74) is 0. The van der Waals surface area contributed by atoms with E-state index in [2.05, 4.69) is 11.9 Å². The van der Waals surface area contributed by atoms with Crippen LogP contribution < -0.4 is 0 Å². The highest BCUT2D eigenvalue weighted by molar-refractivity contribution is 5.48. The second kappa shape index (κ2) is 6.14. The molecule has 1 rings (SSSR count). The molecule has 13 heavy (non-hydrogen) atoms. The fourth-order valence-corrected chi connectivity index (χ4v) is 2.01. The summed E-state index contributed by atoms with van der Waals surface area (Å²) in [7, 11) is 2.20. The molecule has 0 saturated carbocycles. The van der Waals surface area contributed by atoms with Gasteiger partial charge < -0.3 is 9.69 Å². The molecule has 0 N–H and O–H groups in total. The van der Waals surface area contributed by atoms with E-state index >= 15 is 0 Å². The highest BCUT2D eigenvalue weighted by Gasteiger charge is 2.15. The Bertz CT molecular complexity index is 139. The SMILES string of the molecule is CN1CCC(CCCCC=O)CC1. The van der Waals surface area contributed by atoms with Crippen molar-refractivity contribution in [1.29, 1.82) is 0 Å². The van der Waals surface area contributed by atoms with Crippen molar-refractivity contribution in [3.8, 4) is 0 Å². The lowest BCUT2D eigenvalue weighted by Crippen LogP contribution is -2.30. The van der Waals surface area contributed by atoms with Gasteiger partial charge >= 0.3 is 0 Å². The summed E-state index contributed by atoms with van der Waals surface area (Å²) in [4.78, 5) is 12.5. The number of piperidine rings is 1. The molecule has 0 bridgehead atoms.